The predicted octanol–water partition coefficient (Wildman–Crippen LogP) is 4.68. The number of carbonyl (C=O) groups is 1. The highest BCUT2D eigenvalue weighted by atomic mass is 35.5. The monoisotopic (exact) mass is 481 g/mol. The summed E-state index contributed by atoms with van der Waals surface area (Å²) in [6.07, 6.45) is -0.158. The lowest BCUT2D eigenvalue weighted by atomic mass is 9.78. The molecular formula is C22H27ClFNO5S. The van der Waals surface area contributed by atoms with E-state index in [1.165, 1.54) is 13.2 Å². The lowest BCUT2D eigenvalue weighted by Crippen LogP contribution is -2.34. The molecule has 2 aromatic rings. The number of carboxylic acids is 1. The Labute approximate surface area is 206 Å². The topological polar surface area (TPSA) is 77.8 Å². The zero-order valence-electron chi connectivity index (χ0n) is 26.3. The van der Waals surface area contributed by atoms with Gasteiger partial charge >= 0.3 is 5.97 Å². The van der Waals surface area contributed by atoms with E-state index >= 15 is 4.39 Å². The Hall–Kier alpha value is -2.03. The van der Waals surface area contributed by atoms with Crippen molar-refractivity contribution in [3.8, 4) is 17.0 Å². The fraction of sp³-hybridized carbons (Fsp3) is 0.455. The number of aromatic carboxylic acids is 1. The second-order valence-electron chi connectivity index (χ2n) is 6.72. The number of pyridine rings is 1. The molecule has 1 N–H and O–H groups in total. The number of halogens is 2. The van der Waals surface area contributed by atoms with Crippen LogP contribution in [0.15, 0.2) is 23.1 Å². The van der Waals surface area contributed by atoms with Gasteiger partial charge in [-0.25, -0.2) is 9.18 Å². The van der Waals surface area contributed by atoms with Gasteiger partial charge < -0.3 is 19.1 Å². The zero-order chi connectivity index (χ0) is 30.6. The standard InChI is InChI=1S/C22H25ClFNO5.H2S/c1-22(2,3)17-9-12-8-16(30-7-5-6-29-4)15(23)10-13(12)19-18(24)20(26)14(21(27)28)11-25(17)19;/h8,10-11,17H,5-7,9H2,1-4H3,(H,27,28);1H2/t17-;/m0./s1/i1D3,2D3,3D3,17D;. The summed E-state index contributed by atoms with van der Waals surface area (Å²) in [6, 6.07) is -1.02. The highest BCUT2D eigenvalue weighted by Gasteiger charge is 2.36. The molecule has 1 aromatic heterocycles. The van der Waals surface area contributed by atoms with Crippen molar-refractivity contribution < 1.29 is 37.5 Å². The van der Waals surface area contributed by atoms with E-state index in [4.69, 9.17) is 33.4 Å². The lowest BCUT2D eigenvalue weighted by molar-refractivity contribution is 0.0692. The number of rotatable bonds is 6. The van der Waals surface area contributed by atoms with Crippen molar-refractivity contribution in [2.45, 2.75) is 39.4 Å². The number of hydrogen-bond donors (Lipinski definition) is 1. The van der Waals surface area contributed by atoms with Crippen molar-refractivity contribution in [1.82, 2.24) is 4.57 Å². The fourth-order valence-corrected chi connectivity index (χ4v) is 3.45. The molecule has 0 amide bonds. The smallest absolute Gasteiger partial charge is 0.341 e. The number of benzene rings is 1. The van der Waals surface area contributed by atoms with Crippen molar-refractivity contribution in [2.24, 2.45) is 5.41 Å². The van der Waals surface area contributed by atoms with E-state index < -0.39 is 66.9 Å². The largest absolute Gasteiger partial charge is 0.492 e. The first-order valence-corrected chi connectivity index (χ1v) is 9.18. The van der Waals surface area contributed by atoms with E-state index in [-0.39, 0.29) is 42.0 Å². The molecule has 3 rings (SSSR count). The number of methoxy groups -OCH3 is 1. The third-order valence-corrected chi connectivity index (χ3v) is 4.92. The number of nitrogens with zero attached hydrogens (tertiary/aromatic N) is 1. The molecule has 0 unspecified atom stereocenters. The van der Waals surface area contributed by atoms with Gasteiger partial charge in [0.1, 0.15) is 11.3 Å². The second kappa shape index (κ2) is 9.63. The third-order valence-electron chi connectivity index (χ3n) is 4.63. The van der Waals surface area contributed by atoms with E-state index in [1.807, 2.05) is 0 Å². The molecule has 0 fully saturated rings. The molecule has 1 aliphatic heterocycles. The average molecular weight is 482 g/mol. The average Bonchev–Trinajstić information content (AvgIpc) is 2.76. The molecular weight excluding hydrogens is 445 g/mol. The summed E-state index contributed by atoms with van der Waals surface area (Å²) in [6.45, 7) is -11.4. The van der Waals surface area contributed by atoms with Crippen LogP contribution in [-0.2, 0) is 11.2 Å². The Bertz CT molecular complexity index is 1360. The first kappa shape index (κ1) is 14.2. The molecule has 0 bridgehead atoms. The first-order chi connectivity index (χ1) is 18.2. The van der Waals surface area contributed by atoms with Crippen LogP contribution in [0.2, 0.25) is 5.02 Å². The molecule has 6 nitrogen and oxygen atoms in total. The molecule has 0 radical (unpaired) electrons. The Morgan fingerprint density at radius 2 is 2.13 bits per heavy atom. The van der Waals surface area contributed by atoms with E-state index in [1.54, 1.807) is 0 Å². The summed E-state index contributed by atoms with van der Waals surface area (Å²) in [7, 11) is 1.47. The van der Waals surface area contributed by atoms with Crippen molar-refractivity contribution in [3.05, 3.63) is 50.5 Å². The van der Waals surface area contributed by atoms with Gasteiger partial charge in [-0.3, -0.25) is 4.79 Å². The molecule has 0 saturated heterocycles. The number of hydrogen-bond acceptors (Lipinski definition) is 4. The van der Waals surface area contributed by atoms with Gasteiger partial charge in [-0.05, 0) is 29.5 Å². The van der Waals surface area contributed by atoms with Gasteiger partial charge in [0, 0.05) is 50.3 Å². The molecule has 0 aliphatic carbocycles. The second-order valence-corrected chi connectivity index (χ2v) is 7.12. The van der Waals surface area contributed by atoms with Crippen molar-refractivity contribution in [2.75, 3.05) is 20.3 Å². The van der Waals surface area contributed by atoms with E-state index in [9.17, 15) is 16.1 Å². The summed E-state index contributed by atoms with van der Waals surface area (Å²) >= 11 is 6.32. The number of aromatic nitrogens is 1. The molecule has 170 valence electrons. The third kappa shape index (κ3) is 4.91. The summed E-state index contributed by atoms with van der Waals surface area (Å²) in [5.41, 5.74) is -8.07. The first-order valence-electron chi connectivity index (χ1n) is 13.8. The van der Waals surface area contributed by atoms with Crippen LogP contribution in [0.3, 0.4) is 0 Å². The van der Waals surface area contributed by atoms with Gasteiger partial charge in [0.15, 0.2) is 5.82 Å². The van der Waals surface area contributed by atoms with Crippen molar-refractivity contribution in [1.29, 1.82) is 0 Å². The predicted molar refractivity (Wildman–Crippen MR) is 123 cm³/mol. The highest BCUT2D eigenvalue weighted by molar-refractivity contribution is 7.59. The molecule has 1 aliphatic rings. The Morgan fingerprint density at radius 3 is 2.74 bits per heavy atom. The number of fused-ring (bicyclic) bond motifs is 3. The molecule has 0 saturated carbocycles. The van der Waals surface area contributed by atoms with Gasteiger partial charge in [-0.1, -0.05) is 32.2 Å². The number of carboxylic acid groups (broad SMARTS) is 1. The molecule has 9 heteroatoms. The van der Waals surface area contributed by atoms with Crippen LogP contribution in [0.25, 0.3) is 11.3 Å². The highest BCUT2D eigenvalue weighted by Crippen LogP contribution is 2.45. The maximum atomic E-state index is 15.7. The molecule has 1 aromatic carbocycles. The van der Waals surface area contributed by atoms with Gasteiger partial charge in [-0.2, -0.15) is 13.5 Å². The molecule has 1 atom stereocenters. The molecule has 0 spiro atoms. The van der Waals surface area contributed by atoms with Gasteiger partial charge in [0.2, 0.25) is 5.43 Å². The van der Waals surface area contributed by atoms with Gasteiger partial charge in [-0.15, -0.1) is 0 Å². The van der Waals surface area contributed by atoms with E-state index in [0.717, 1.165) is 6.07 Å². The van der Waals surface area contributed by atoms with Crippen molar-refractivity contribution in [3.63, 3.8) is 0 Å². The van der Waals surface area contributed by atoms with Crippen LogP contribution in [0.5, 0.6) is 5.75 Å². The summed E-state index contributed by atoms with van der Waals surface area (Å²) in [5.74, 6) is -3.76. The minimum Gasteiger partial charge on any atom is -0.492 e. The van der Waals surface area contributed by atoms with Crippen LogP contribution in [0.4, 0.5) is 4.39 Å². The lowest BCUT2D eigenvalue weighted by Gasteiger charge is -2.39. The van der Waals surface area contributed by atoms with Gasteiger partial charge in [0.05, 0.1) is 18.7 Å². The maximum absolute atomic E-state index is 15.7. The van der Waals surface area contributed by atoms with Crippen molar-refractivity contribution >= 4 is 31.1 Å². The quantitative estimate of drug-likeness (QED) is 0.606. The van der Waals surface area contributed by atoms with Crippen LogP contribution in [0, 0.1) is 11.2 Å². The SMILES string of the molecule is S.[2H]C([2H])([2H])C(C([2H])([2H])[2H])(C([2H])([2H])[2H])[C@]1([2H])Cc2cc(OCCCOC)c(Cl)cc2-c2c(F)c(=O)c(C(=O)O)cn21. The van der Waals surface area contributed by atoms with Crippen LogP contribution in [-0.4, -0.2) is 36.0 Å². The van der Waals surface area contributed by atoms with E-state index in [0.29, 0.717) is 23.8 Å². The fourth-order valence-electron chi connectivity index (χ4n) is 3.23. The Balaban J connectivity index is 0.00000588. The molecule has 2 heterocycles. The minimum absolute atomic E-state index is 0. The Morgan fingerprint density at radius 1 is 1.42 bits per heavy atom. The van der Waals surface area contributed by atoms with Crippen LogP contribution < -0.4 is 10.2 Å². The summed E-state index contributed by atoms with van der Waals surface area (Å²) < 4.78 is 109. The number of ether oxygens (including phenoxy) is 2. The minimum atomic E-state index is -3.92. The zero-order valence-corrected chi connectivity index (χ0v) is 18.1. The Kier molecular flexibility index (Phi) is 4.41. The van der Waals surface area contributed by atoms with E-state index in [2.05, 4.69) is 0 Å². The molecule has 31 heavy (non-hydrogen) atoms. The van der Waals surface area contributed by atoms with Crippen LogP contribution in [0.1, 0.15) is 62.6 Å². The van der Waals surface area contributed by atoms with Gasteiger partial charge in [0.25, 0.3) is 0 Å². The maximum Gasteiger partial charge on any atom is 0.341 e. The summed E-state index contributed by atoms with van der Waals surface area (Å²) in [5, 5.41) is 9.41. The summed E-state index contributed by atoms with van der Waals surface area (Å²) in [4.78, 5) is 24.4. The van der Waals surface area contributed by atoms with Crippen LogP contribution >= 0.6 is 25.1 Å². The normalized spacial score (nSPS) is 23.3.